The molecule has 0 aromatic heterocycles. The van der Waals surface area contributed by atoms with Gasteiger partial charge in [0.2, 0.25) is 0 Å². The zero-order valence-corrected chi connectivity index (χ0v) is 16.7. The largest absolute Gasteiger partial charge is 0.489 e. The highest BCUT2D eigenvalue weighted by Gasteiger charge is 2.45. The Morgan fingerprint density at radius 1 is 0.800 bits per heavy atom. The van der Waals surface area contributed by atoms with E-state index in [0.717, 1.165) is 24.8 Å². The number of hydrogen-bond acceptors (Lipinski definition) is 2. The van der Waals surface area contributed by atoms with Crippen LogP contribution in [0.5, 0.6) is 5.75 Å². The Hall–Kier alpha value is -3.01. The van der Waals surface area contributed by atoms with E-state index in [9.17, 15) is 13.6 Å². The lowest BCUT2D eigenvalue weighted by molar-refractivity contribution is -0.123. The number of benzene rings is 3. The Morgan fingerprint density at radius 2 is 1.50 bits per heavy atom. The lowest BCUT2D eigenvalue weighted by Crippen LogP contribution is -2.38. The maximum absolute atomic E-state index is 14.8. The normalized spacial score (nSPS) is 19.3. The third-order valence-electron chi connectivity index (χ3n) is 5.92. The van der Waals surface area contributed by atoms with Gasteiger partial charge in [-0.05, 0) is 48.2 Å². The van der Waals surface area contributed by atoms with Gasteiger partial charge < -0.3 is 4.74 Å². The van der Waals surface area contributed by atoms with Crippen molar-refractivity contribution in [3.05, 3.63) is 101 Å². The minimum atomic E-state index is -1.30. The highest BCUT2D eigenvalue weighted by molar-refractivity contribution is 5.94. The molecule has 3 aromatic rings. The molecule has 2 nitrogen and oxygen atoms in total. The predicted molar refractivity (Wildman–Crippen MR) is 112 cm³/mol. The highest BCUT2D eigenvalue weighted by atomic mass is 19.1. The van der Waals surface area contributed by atoms with Crippen LogP contribution in [0.3, 0.4) is 0 Å². The third kappa shape index (κ3) is 3.87. The summed E-state index contributed by atoms with van der Waals surface area (Å²) < 4.78 is 35.5. The van der Waals surface area contributed by atoms with Gasteiger partial charge in [-0.1, -0.05) is 61.4 Å². The Kier molecular flexibility index (Phi) is 5.93. The quantitative estimate of drug-likeness (QED) is 0.461. The van der Waals surface area contributed by atoms with Gasteiger partial charge in [0.05, 0.1) is 5.41 Å². The summed E-state index contributed by atoms with van der Waals surface area (Å²) in [4.78, 5) is 13.3. The van der Waals surface area contributed by atoms with E-state index in [1.54, 1.807) is 24.3 Å². The molecule has 0 radical (unpaired) electrons. The van der Waals surface area contributed by atoms with Crippen LogP contribution in [0, 0.1) is 11.6 Å². The van der Waals surface area contributed by atoms with Gasteiger partial charge in [0, 0.05) is 12.0 Å². The molecule has 0 bridgehead atoms. The smallest absolute Gasteiger partial charge is 0.148 e. The summed E-state index contributed by atoms with van der Waals surface area (Å²) in [7, 11) is 0. The molecule has 1 saturated carbocycles. The first-order chi connectivity index (χ1) is 14.6. The van der Waals surface area contributed by atoms with Crippen LogP contribution in [0.1, 0.15) is 48.8 Å². The molecular weight excluding hydrogens is 382 g/mol. The van der Waals surface area contributed by atoms with E-state index in [0.29, 0.717) is 30.8 Å². The average molecular weight is 406 g/mol. The molecule has 1 aliphatic carbocycles. The second-order valence-electron chi connectivity index (χ2n) is 7.78. The van der Waals surface area contributed by atoms with E-state index >= 15 is 0 Å². The maximum atomic E-state index is 14.8. The molecular formula is C26H24F2O2. The van der Waals surface area contributed by atoms with Gasteiger partial charge in [0.1, 0.15) is 29.8 Å². The Morgan fingerprint density at radius 3 is 2.20 bits per heavy atom. The zero-order valence-electron chi connectivity index (χ0n) is 16.7. The summed E-state index contributed by atoms with van der Waals surface area (Å²) >= 11 is 0. The van der Waals surface area contributed by atoms with E-state index in [1.807, 2.05) is 30.3 Å². The average Bonchev–Trinajstić information content (AvgIpc) is 2.96. The monoisotopic (exact) mass is 406 g/mol. The van der Waals surface area contributed by atoms with Gasteiger partial charge in [-0.15, -0.1) is 0 Å². The molecule has 0 spiro atoms. The second kappa shape index (κ2) is 8.78. The van der Waals surface area contributed by atoms with Crippen molar-refractivity contribution in [3.8, 4) is 5.75 Å². The van der Waals surface area contributed by atoms with Crippen LogP contribution in [0.2, 0.25) is 0 Å². The molecule has 0 saturated heterocycles. The highest BCUT2D eigenvalue weighted by Crippen LogP contribution is 2.44. The third-order valence-corrected chi connectivity index (χ3v) is 5.92. The van der Waals surface area contributed by atoms with Gasteiger partial charge in [0.15, 0.2) is 0 Å². The predicted octanol–water partition coefficient (Wildman–Crippen LogP) is 6.36. The summed E-state index contributed by atoms with van der Waals surface area (Å²) in [5, 5.41) is 0. The fraction of sp³-hybridized carbons (Fsp3) is 0.269. The van der Waals surface area contributed by atoms with Gasteiger partial charge in [-0.25, -0.2) is 8.78 Å². The number of rotatable bonds is 5. The summed E-state index contributed by atoms with van der Waals surface area (Å²) in [5.41, 5.74) is 0.231. The van der Waals surface area contributed by atoms with E-state index < -0.39 is 17.0 Å². The number of carbonyl (C=O) groups excluding carboxylic acids is 1. The molecule has 1 atom stereocenters. The summed E-state index contributed by atoms with van der Waals surface area (Å²) in [6.07, 6.45) is 3.08. The molecule has 0 heterocycles. The second-order valence-corrected chi connectivity index (χ2v) is 7.78. The van der Waals surface area contributed by atoms with Gasteiger partial charge >= 0.3 is 0 Å². The Labute approximate surface area is 175 Å². The zero-order chi connectivity index (χ0) is 21.0. The molecule has 0 amide bonds. The van der Waals surface area contributed by atoms with Crippen LogP contribution in [0.25, 0.3) is 0 Å². The molecule has 3 aromatic carbocycles. The number of Topliss-reactive ketones (excluding diaryl/α,β-unsaturated/α-hetero) is 1. The Balaban J connectivity index is 1.70. The molecule has 1 unspecified atom stereocenters. The maximum Gasteiger partial charge on any atom is 0.148 e. The van der Waals surface area contributed by atoms with E-state index in [-0.39, 0.29) is 11.3 Å². The SMILES string of the molecule is O=C1CCCCCC1(c1ccc(OCc2ccccc2)cc1)c1c(F)cccc1F. The van der Waals surface area contributed by atoms with Crippen LogP contribution in [-0.2, 0) is 16.8 Å². The van der Waals surface area contributed by atoms with Crippen LogP contribution in [0.15, 0.2) is 72.8 Å². The minimum absolute atomic E-state index is 0.123. The van der Waals surface area contributed by atoms with Crippen LogP contribution in [-0.4, -0.2) is 5.78 Å². The summed E-state index contributed by atoms with van der Waals surface area (Å²) in [6, 6.07) is 20.7. The standard InChI is InChI=1S/C26H24F2O2/c27-22-10-7-11-23(28)25(22)26(17-6-2-5-12-24(26)29)20-13-15-21(16-14-20)30-18-19-8-3-1-4-9-19/h1,3-4,7-11,13-16H,2,5-6,12,17-18H2. The van der Waals surface area contributed by atoms with E-state index in [1.165, 1.54) is 18.2 Å². The number of halogens is 2. The lowest BCUT2D eigenvalue weighted by Gasteiger charge is -2.33. The molecule has 1 fully saturated rings. The van der Waals surface area contributed by atoms with E-state index in [4.69, 9.17) is 4.74 Å². The first-order valence-electron chi connectivity index (χ1n) is 10.4. The molecule has 30 heavy (non-hydrogen) atoms. The molecule has 4 heteroatoms. The topological polar surface area (TPSA) is 26.3 Å². The minimum Gasteiger partial charge on any atom is -0.489 e. The molecule has 0 N–H and O–H groups in total. The van der Waals surface area contributed by atoms with Crippen LogP contribution >= 0.6 is 0 Å². The number of ether oxygens (including phenoxy) is 1. The van der Waals surface area contributed by atoms with Crippen molar-refractivity contribution in [3.63, 3.8) is 0 Å². The van der Waals surface area contributed by atoms with Crippen molar-refractivity contribution in [1.29, 1.82) is 0 Å². The van der Waals surface area contributed by atoms with Crippen LogP contribution < -0.4 is 4.74 Å². The van der Waals surface area contributed by atoms with Gasteiger partial charge in [0.25, 0.3) is 0 Å². The lowest BCUT2D eigenvalue weighted by atomic mass is 9.68. The number of ketones is 1. The molecule has 154 valence electrons. The number of carbonyl (C=O) groups is 1. The van der Waals surface area contributed by atoms with E-state index in [2.05, 4.69) is 0 Å². The molecule has 4 rings (SSSR count). The van der Waals surface area contributed by atoms with Crippen LogP contribution in [0.4, 0.5) is 8.78 Å². The van der Waals surface area contributed by atoms with Crippen molar-refractivity contribution in [1.82, 2.24) is 0 Å². The fourth-order valence-electron chi connectivity index (χ4n) is 4.40. The van der Waals surface area contributed by atoms with Crippen molar-refractivity contribution in [2.45, 2.75) is 44.1 Å². The summed E-state index contributed by atoms with van der Waals surface area (Å²) in [5.74, 6) is -0.820. The number of hydrogen-bond donors (Lipinski definition) is 0. The fourth-order valence-corrected chi connectivity index (χ4v) is 4.40. The van der Waals surface area contributed by atoms with Gasteiger partial charge in [-0.2, -0.15) is 0 Å². The molecule has 1 aliphatic rings. The van der Waals surface area contributed by atoms with Gasteiger partial charge in [-0.3, -0.25) is 4.79 Å². The van der Waals surface area contributed by atoms with Crippen molar-refractivity contribution in [2.75, 3.05) is 0 Å². The van der Waals surface area contributed by atoms with Crippen molar-refractivity contribution >= 4 is 5.78 Å². The molecule has 0 aliphatic heterocycles. The van der Waals surface area contributed by atoms with Crippen molar-refractivity contribution < 1.29 is 18.3 Å². The van der Waals surface area contributed by atoms with Crippen molar-refractivity contribution in [2.24, 2.45) is 0 Å². The summed E-state index contributed by atoms with van der Waals surface area (Å²) in [6.45, 7) is 0.423. The Bertz CT molecular complexity index is 995. The first kappa shape index (κ1) is 20.3. The first-order valence-corrected chi connectivity index (χ1v) is 10.4.